The maximum Gasteiger partial charge on any atom is 0.230 e. The molecule has 1 aliphatic heterocycles. The van der Waals surface area contributed by atoms with Crippen molar-refractivity contribution in [3.05, 3.63) is 59.1 Å². The number of rotatable bonds is 3. The number of aryl methyl sites for hydroxylation is 1. The maximum absolute atomic E-state index is 9.69. The molecule has 0 saturated heterocycles. The van der Waals surface area contributed by atoms with Gasteiger partial charge in [-0.15, -0.1) is 0 Å². The van der Waals surface area contributed by atoms with Crippen LogP contribution in [0.25, 0.3) is 0 Å². The number of nitriles is 1. The topological polar surface area (TPSA) is 42.2 Å². The van der Waals surface area contributed by atoms with Gasteiger partial charge in [-0.1, -0.05) is 30.3 Å². The number of benzene rings is 1. The molecule has 2 aliphatic carbocycles. The quantitative estimate of drug-likeness (QED) is 0.844. The zero-order valence-electron chi connectivity index (χ0n) is 12.5. The van der Waals surface area contributed by atoms with Crippen LogP contribution < -0.4 is 0 Å². The molecule has 3 atom stereocenters. The van der Waals surface area contributed by atoms with Crippen molar-refractivity contribution in [1.82, 2.24) is 0 Å². The predicted molar refractivity (Wildman–Crippen MR) is 82.5 cm³/mol. The van der Waals surface area contributed by atoms with Gasteiger partial charge in [0.2, 0.25) is 6.79 Å². The van der Waals surface area contributed by atoms with Gasteiger partial charge >= 0.3 is 0 Å². The van der Waals surface area contributed by atoms with E-state index < -0.39 is 0 Å². The summed E-state index contributed by atoms with van der Waals surface area (Å²) in [5, 5.41) is 9.69. The smallest absolute Gasteiger partial charge is 0.230 e. The van der Waals surface area contributed by atoms with E-state index in [0.717, 1.165) is 37.2 Å². The zero-order chi connectivity index (χ0) is 14.9. The van der Waals surface area contributed by atoms with Gasteiger partial charge < -0.3 is 9.47 Å². The van der Waals surface area contributed by atoms with E-state index in [1.54, 1.807) is 0 Å². The Morgan fingerprint density at radius 1 is 1.27 bits per heavy atom. The maximum atomic E-state index is 9.69. The van der Waals surface area contributed by atoms with Crippen LogP contribution in [0.5, 0.6) is 0 Å². The van der Waals surface area contributed by atoms with Gasteiger partial charge in [0.15, 0.2) is 5.76 Å². The van der Waals surface area contributed by atoms with Crippen molar-refractivity contribution in [1.29, 1.82) is 5.26 Å². The molecule has 3 nitrogen and oxygen atoms in total. The minimum Gasteiger partial charge on any atom is -0.458 e. The highest BCUT2D eigenvalue weighted by Gasteiger charge is 2.32. The molecule has 0 saturated carbocycles. The van der Waals surface area contributed by atoms with Crippen molar-refractivity contribution in [2.45, 2.75) is 31.6 Å². The molecule has 1 heterocycles. The molecule has 0 radical (unpaired) electrons. The minimum atomic E-state index is 0.0720. The Morgan fingerprint density at radius 3 is 3.09 bits per heavy atom. The van der Waals surface area contributed by atoms with Crippen LogP contribution in [0.4, 0.5) is 0 Å². The number of nitrogens with zero attached hydrogens (tertiary/aromatic N) is 1. The molecule has 3 unspecified atom stereocenters. The molecule has 0 aromatic heterocycles. The van der Waals surface area contributed by atoms with Crippen molar-refractivity contribution < 1.29 is 9.47 Å². The summed E-state index contributed by atoms with van der Waals surface area (Å²) in [5.74, 6) is 2.65. The van der Waals surface area contributed by atoms with Gasteiger partial charge in [0, 0.05) is 12.3 Å². The van der Waals surface area contributed by atoms with Gasteiger partial charge in [-0.3, -0.25) is 0 Å². The Hall–Kier alpha value is -2.21. The number of hydrogen-bond acceptors (Lipinski definition) is 3. The number of allylic oxidation sites excluding steroid dienone is 3. The summed E-state index contributed by atoms with van der Waals surface area (Å²) < 4.78 is 10.9. The van der Waals surface area contributed by atoms with E-state index in [-0.39, 0.29) is 5.92 Å². The Kier molecular flexibility index (Phi) is 3.38. The molecule has 0 bridgehead atoms. The lowest BCUT2D eigenvalue weighted by Gasteiger charge is -2.23. The largest absolute Gasteiger partial charge is 0.458 e. The van der Waals surface area contributed by atoms with Gasteiger partial charge in [-0.2, -0.15) is 5.26 Å². The zero-order valence-corrected chi connectivity index (χ0v) is 12.5. The van der Waals surface area contributed by atoms with Crippen LogP contribution >= 0.6 is 0 Å². The highest BCUT2D eigenvalue weighted by Crippen LogP contribution is 2.42. The molecule has 3 heteroatoms. The first-order chi connectivity index (χ1) is 10.8. The van der Waals surface area contributed by atoms with Crippen molar-refractivity contribution in [2.24, 2.45) is 11.8 Å². The fraction of sp³-hybridized carbons (Fsp3) is 0.421. The highest BCUT2D eigenvalue weighted by molar-refractivity contribution is 5.36. The summed E-state index contributed by atoms with van der Waals surface area (Å²) in [6.45, 7) is 0.333. The number of ether oxygens (including phenoxy) is 2. The van der Waals surface area contributed by atoms with Crippen LogP contribution in [-0.2, 0) is 15.9 Å². The summed E-state index contributed by atoms with van der Waals surface area (Å²) in [4.78, 5) is 0. The highest BCUT2D eigenvalue weighted by atomic mass is 16.7. The lowest BCUT2D eigenvalue weighted by Crippen LogP contribution is -2.15. The van der Waals surface area contributed by atoms with Crippen LogP contribution in [0.2, 0.25) is 0 Å². The monoisotopic (exact) mass is 293 g/mol. The molecule has 0 amide bonds. The first kappa shape index (κ1) is 13.5. The number of hydrogen-bond donors (Lipinski definition) is 0. The molecule has 0 spiro atoms. The van der Waals surface area contributed by atoms with E-state index >= 15 is 0 Å². The summed E-state index contributed by atoms with van der Waals surface area (Å²) in [7, 11) is 0. The standard InChI is InChI=1S/C19H19NO2/c20-11-15(17-7-6-14-3-1-2-4-16(14)17)9-13-5-8-18-19(10-13)22-12-21-18/h1-5,8,13,15,17H,6-7,9-10,12H2. The summed E-state index contributed by atoms with van der Waals surface area (Å²) in [6.07, 6.45) is 8.14. The molecule has 1 aromatic rings. The molecule has 0 fully saturated rings. The fourth-order valence-corrected chi connectivity index (χ4v) is 3.95. The second-order valence-electron chi connectivity index (χ2n) is 6.33. The molecular formula is C19H19NO2. The van der Waals surface area contributed by atoms with Crippen LogP contribution in [-0.4, -0.2) is 6.79 Å². The van der Waals surface area contributed by atoms with E-state index in [4.69, 9.17) is 9.47 Å². The Bertz CT molecular complexity index is 683. The molecule has 1 aromatic carbocycles. The molecule has 112 valence electrons. The minimum absolute atomic E-state index is 0.0720. The van der Waals surface area contributed by atoms with Crippen LogP contribution in [0.3, 0.4) is 0 Å². The molecule has 3 aliphatic rings. The molecule has 4 rings (SSSR count). The van der Waals surface area contributed by atoms with Crippen molar-refractivity contribution in [2.75, 3.05) is 6.79 Å². The van der Waals surface area contributed by atoms with Gasteiger partial charge in [0.25, 0.3) is 0 Å². The van der Waals surface area contributed by atoms with Gasteiger partial charge in [-0.25, -0.2) is 0 Å². The van der Waals surface area contributed by atoms with E-state index in [1.165, 1.54) is 11.1 Å². The summed E-state index contributed by atoms with van der Waals surface area (Å²) >= 11 is 0. The molecule has 22 heavy (non-hydrogen) atoms. The van der Waals surface area contributed by atoms with E-state index in [9.17, 15) is 5.26 Å². The first-order valence-electron chi connectivity index (χ1n) is 7.99. The number of fused-ring (bicyclic) bond motifs is 1. The van der Waals surface area contributed by atoms with Crippen molar-refractivity contribution in [3.63, 3.8) is 0 Å². The third-order valence-corrected chi connectivity index (χ3v) is 5.08. The SMILES string of the molecule is N#CC(CC1C=CC2=C(C1)OCO2)C1CCc2ccccc21. The van der Waals surface area contributed by atoms with E-state index in [2.05, 4.69) is 36.4 Å². The van der Waals surface area contributed by atoms with Crippen LogP contribution in [0, 0.1) is 23.2 Å². The van der Waals surface area contributed by atoms with Gasteiger partial charge in [0.1, 0.15) is 5.76 Å². The Labute approximate surface area is 130 Å². The Morgan fingerprint density at radius 2 is 2.18 bits per heavy atom. The van der Waals surface area contributed by atoms with E-state index in [1.807, 2.05) is 6.08 Å². The fourth-order valence-electron chi connectivity index (χ4n) is 3.95. The average molecular weight is 293 g/mol. The summed E-state index contributed by atoms with van der Waals surface area (Å²) in [6, 6.07) is 11.2. The van der Waals surface area contributed by atoms with Crippen LogP contribution in [0.15, 0.2) is 47.9 Å². The second-order valence-corrected chi connectivity index (χ2v) is 6.33. The third-order valence-electron chi connectivity index (χ3n) is 5.08. The molecule has 0 N–H and O–H groups in total. The Balaban J connectivity index is 1.48. The van der Waals surface area contributed by atoms with E-state index in [0.29, 0.717) is 18.6 Å². The lowest BCUT2D eigenvalue weighted by molar-refractivity contribution is 0.0715. The first-order valence-corrected chi connectivity index (χ1v) is 7.99. The van der Waals surface area contributed by atoms with Gasteiger partial charge in [-0.05, 0) is 42.4 Å². The average Bonchev–Trinajstić information content (AvgIpc) is 3.18. The van der Waals surface area contributed by atoms with Crippen molar-refractivity contribution >= 4 is 0 Å². The lowest BCUT2D eigenvalue weighted by atomic mass is 9.80. The predicted octanol–water partition coefficient (Wildman–Crippen LogP) is 4.04. The van der Waals surface area contributed by atoms with Crippen LogP contribution in [0.1, 0.15) is 36.3 Å². The van der Waals surface area contributed by atoms with Gasteiger partial charge in [0.05, 0.1) is 12.0 Å². The van der Waals surface area contributed by atoms with Crippen molar-refractivity contribution in [3.8, 4) is 6.07 Å². The summed E-state index contributed by atoms with van der Waals surface area (Å²) in [5.41, 5.74) is 2.80. The normalized spacial score (nSPS) is 26.7. The third kappa shape index (κ3) is 2.29. The second kappa shape index (κ2) is 5.53. The molecular weight excluding hydrogens is 274 g/mol.